The maximum Gasteiger partial charge on any atom is 0.213 e. The van der Waals surface area contributed by atoms with Gasteiger partial charge in [0.15, 0.2) is 0 Å². The lowest BCUT2D eigenvalue weighted by Crippen LogP contribution is -2.24. The van der Waals surface area contributed by atoms with Crippen molar-refractivity contribution in [2.75, 3.05) is 0 Å². The minimum absolute atomic E-state index is 0.223. The minimum Gasteiger partial charge on any atom is -0.506 e. The third kappa shape index (κ3) is 1.74. The molecule has 2 rings (SSSR count). The standard InChI is InChI=1S/C10H13NO2/c1-7-9(12)5-6-10(11-7)13-8-3-2-4-8/h5-6,8,12H,2-4H2,1H3. The van der Waals surface area contributed by atoms with Crippen LogP contribution in [-0.4, -0.2) is 16.2 Å². The number of pyridine rings is 1. The lowest BCUT2D eigenvalue weighted by Gasteiger charge is -2.25. The molecule has 0 aliphatic heterocycles. The molecule has 0 spiro atoms. The zero-order valence-electron chi connectivity index (χ0n) is 7.66. The molecule has 1 N–H and O–H groups in total. The fourth-order valence-corrected chi connectivity index (χ4v) is 1.26. The number of rotatable bonds is 2. The van der Waals surface area contributed by atoms with Gasteiger partial charge in [0.2, 0.25) is 5.88 Å². The van der Waals surface area contributed by atoms with Gasteiger partial charge in [0, 0.05) is 6.07 Å². The van der Waals surface area contributed by atoms with Crippen molar-refractivity contribution in [1.82, 2.24) is 4.98 Å². The van der Waals surface area contributed by atoms with Crippen LogP contribution in [0.4, 0.5) is 0 Å². The molecular formula is C10H13NO2. The third-order valence-electron chi connectivity index (χ3n) is 2.37. The highest BCUT2D eigenvalue weighted by atomic mass is 16.5. The SMILES string of the molecule is Cc1nc(OC2CCC2)ccc1O. The Labute approximate surface area is 77.4 Å². The lowest BCUT2D eigenvalue weighted by atomic mass is 9.96. The Morgan fingerprint density at radius 3 is 2.77 bits per heavy atom. The van der Waals surface area contributed by atoms with Crippen molar-refractivity contribution in [2.45, 2.75) is 32.3 Å². The second-order valence-electron chi connectivity index (χ2n) is 3.42. The van der Waals surface area contributed by atoms with Gasteiger partial charge in [0.05, 0.1) is 5.69 Å². The molecule has 0 amide bonds. The average Bonchev–Trinajstić information content (AvgIpc) is 2.04. The van der Waals surface area contributed by atoms with Crippen LogP contribution in [0.5, 0.6) is 11.6 Å². The van der Waals surface area contributed by atoms with E-state index in [1.807, 2.05) is 0 Å². The smallest absolute Gasteiger partial charge is 0.213 e. The minimum atomic E-state index is 0.223. The van der Waals surface area contributed by atoms with Gasteiger partial charge in [-0.25, -0.2) is 4.98 Å². The van der Waals surface area contributed by atoms with Gasteiger partial charge in [-0.05, 0) is 32.3 Å². The summed E-state index contributed by atoms with van der Waals surface area (Å²) in [6.45, 7) is 1.77. The maximum absolute atomic E-state index is 9.23. The molecule has 0 aromatic carbocycles. The summed E-state index contributed by atoms with van der Waals surface area (Å²) in [7, 11) is 0. The summed E-state index contributed by atoms with van der Waals surface area (Å²) in [5.41, 5.74) is 0.622. The molecule has 1 aromatic rings. The van der Waals surface area contributed by atoms with Crippen molar-refractivity contribution in [3.8, 4) is 11.6 Å². The molecule has 0 atom stereocenters. The number of aromatic nitrogens is 1. The van der Waals surface area contributed by atoms with Crippen molar-refractivity contribution in [3.05, 3.63) is 17.8 Å². The molecule has 13 heavy (non-hydrogen) atoms. The molecule has 3 nitrogen and oxygen atoms in total. The van der Waals surface area contributed by atoms with Gasteiger partial charge in [-0.2, -0.15) is 0 Å². The zero-order chi connectivity index (χ0) is 9.26. The Kier molecular flexibility index (Phi) is 2.08. The Hall–Kier alpha value is -1.25. The van der Waals surface area contributed by atoms with Crippen molar-refractivity contribution in [1.29, 1.82) is 0 Å². The monoisotopic (exact) mass is 179 g/mol. The first kappa shape index (κ1) is 8.35. The number of aryl methyl sites for hydroxylation is 1. The molecule has 1 aliphatic rings. The highest BCUT2D eigenvalue weighted by Crippen LogP contribution is 2.25. The van der Waals surface area contributed by atoms with E-state index in [4.69, 9.17) is 4.74 Å². The Morgan fingerprint density at radius 1 is 1.46 bits per heavy atom. The maximum atomic E-state index is 9.23. The molecule has 1 aliphatic carbocycles. The van der Waals surface area contributed by atoms with Crippen LogP contribution in [0.25, 0.3) is 0 Å². The molecule has 1 heterocycles. The van der Waals surface area contributed by atoms with Gasteiger partial charge in [-0.1, -0.05) is 0 Å². The summed E-state index contributed by atoms with van der Waals surface area (Å²) in [6, 6.07) is 3.33. The number of hydrogen-bond acceptors (Lipinski definition) is 3. The van der Waals surface area contributed by atoms with E-state index in [9.17, 15) is 5.11 Å². The molecule has 0 unspecified atom stereocenters. The summed E-state index contributed by atoms with van der Waals surface area (Å²) in [6.07, 6.45) is 3.85. The summed E-state index contributed by atoms with van der Waals surface area (Å²) in [5, 5.41) is 9.23. The fraction of sp³-hybridized carbons (Fsp3) is 0.500. The van der Waals surface area contributed by atoms with Crippen LogP contribution in [0.2, 0.25) is 0 Å². The molecule has 1 saturated carbocycles. The Balaban J connectivity index is 2.07. The van der Waals surface area contributed by atoms with Crippen LogP contribution in [-0.2, 0) is 0 Å². The number of aromatic hydroxyl groups is 1. The highest BCUT2D eigenvalue weighted by Gasteiger charge is 2.19. The van der Waals surface area contributed by atoms with Gasteiger partial charge in [-0.15, -0.1) is 0 Å². The van der Waals surface area contributed by atoms with Crippen LogP contribution in [0, 0.1) is 6.92 Å². The van der Waals surface area contributed by atoms with Crippen LogP contribution < -0.4 is 4.74 Å². The average molecular weight is 179 g/mol. The molecule has 70 valence electrons. The first-order valence-corrected chi connectivity index (χ1v) is 4.59. The van der Waals surface area contributed by atoms with Crippen LogP contribution in [0.1, 0.15) is 25.0 Å². The van der Waals surface area contributed by atoms with Crippen molar-refractivity contribution >= 4 is 0 Å². The second-order valence-corrected chi connectivity index (χ2v) is 3.42. The van der Waals surface area contributed by atoms with Crippen molar-refractivity contribution in [3.63, 3.8) is 0 Å². The number of nitrogens with zero attached hydrogens (tertiary/aromatic N) is 1. The first-order valence-electron chi connectivity index (χ1n) is 4.59. The van der Waals surface area contributed by atoms with E-state index in [1.165, 1.54) is 6.42 Å². The number of hydrogen-bond donors (Lipinski definition) is 1. The van der Waals surface area contributed by atoms with E-state index in [0.29, 0.717) is 17.7 Å². The van der Waals surface area contributed by atoms with Crippen molar-refractivity contribution < 1.29 is 9.84 Å². The van der Waals surface area contributed by atoms with Gasteiger partial charge < -0.3 is 9.84 Å². The van der Waals surface area contributed by atoms with E-state index in [-0.39, 0.29) is 5.75 Å². The molecule has 0 saturated heterocycles. The molecule has 3 heteroatoms. The summed E-state index contributed by atoms with van der Waals surface area (Å²) in [4.78, 5) is 4.12. The molecule has 0 bridgehead atoms. The fourth-order valence-electron chi connectivity index (χ4n) is 1.26. The van der Waals surface area contributed by atoms with E-state index in [0.717, 1.165) is 12.8 Å². The predicted molar refractivity (Wildman–Crippen MR) is 48.9 cm³/mol. The lowest BCUT2D eigenvalue weighted by molar-refractivity contribution is 0.114. The topological polar surface area (TPSA) is 42.4 Å². The molecule has 0 radical (unpaired) electrons. The normalized spacial score (nSPS) is 16.7. The molecular weight excluding hydrogens is 166 g/mol. The van der Waals surface area contributed by atoms with Crippen LogP contribution in [0.3, 0.4) is 0 Å². The van der Waals surface area contributed by atoms with E-state index < -0.39 is 0 Å². The quantitative estimate of drug-likeness (QED) is 0.755. The largest absolute Gasteiger partial charge is 0.506 e. The zero-order valence-corrected chi connectivity index (χ0v) is 7.66. The van der Waals surface area contributed by atoms with E-state index in [1.54, 1.807) is 19.1 Å². The van der Waals surface area contributed by atoms with Gasteiger partial charge in [0.1, 0.15) is 11.9 Å². The summed E-state index contributed by atoms with van der Waals surface area (Å²) >= 11 is 0. The van der Waals surface area contributed by atoms with Crippen LogP contribution in [0.15, 0.2) is 12.1 Å². The predicted octanol–water partition coefficient (Wildman–Crippen LogP) is 2.03. The molecule has 1 fully saturated rings. The molecule has 1 aromatic heterocycles. The van der Waals surface area contributed by atoms with Gasteiger partial charge in [0.25, 0.3) is 0 Å². The summed E-state index contributed by atoms with van der Waals surface area (Å²) in [5.74, 6) is 0.848. The Morgan fingerprint density at radius 2 is 2.23 bits per heavy atom. The van der Waals surface area contributed by atoms with Gasteiger partial charge >= 0.3 is 0 Å². The summed E-state index contributed by atoms with van der Waals surface area (Å²) < 4.78 is 5.56. The third-order valence-corrected chi connectivity index (χ3v) is 2.37. The first-order chi connectivity index (χ1) is 6.25. The van der Waals surface area contributed by atoms with Crippen molar-refractivity contribution in [2.24, 2.45) is 0 Å². The highest BCUT2D eigenvalue weighted by molar-refractivity contribution is 5.29. The van der Waals surface area contributed by atoms with E-state index in [2.05, 4.69) is 4.98 Å². The number of ether oxygens (including phenoxy) is 1. The van der Waals surface area contributed by atoms with Gasteiger partial charge in [-0.3, -0.25) is 0 Å². The van der Waals surface area contributed by atoms with Crippen LogP contribution >= 0.6 is 0 Å². The van der Waals surface area contributed by atoms with E-state index >= 15 is 0 Å². The second kappa shape index (κ2) is 3.24. The Bertz CT molecular complexity index is 308.